The van der Waals surface area contributed by atoms with Gasteiger partial charge >= 0.3 is 18.3 Å². The van der Waals surface area contributed by atoms with Gasteiger partial charge in [0.2, 0.25) is 0 Å². The van der Waals surface area contributed by atoms with Crippen LogP contribution in [0, 0.1) is 32.4 Å². The summed E-state index contributed by atoms with van der Waals surface area (Å²) < 4.78 is 169. The normalized spacial score (nSPS) is 14.0. The summed E-state index contributed by atoms with van der Waals surface area (Å²) in [7, 11) is -8.53. The highest BCUT2D eigenvalue weighted by atomic mass is 32.2. The predicted octanol–water partition coefficient (Wildman–Crippen LogP) is 12.9. The Morgan fingerprint density at radius 3 is 1.65 bits per heavy atom. The highest BCUT2D eigenvalue weighted by Crippen LogP contribution is 2.44. The van der Waals surface area contributed by atoms with Crippen LogP contribution in [0.1, 0.15) is 55.6 Å². The third kappa shape index (κ3) is 10.6. The molecule has 392 valence electrons. The highest BCUT2D eigenvalue weighted by Gasteiger charge is 2.44. The van der Waals surface area contributed by atoms with Crippen LogP contribution < -0.4 is 13.9 Å². The molecule has 21 heteroatoms. The quantitative estimate of drug-likeness (QED) is 0.137. The Bertz CT molecular complexity index is 3740. The number of anilines is 2. The molecule has 0 radical (unpaired) electrons. The molecule has 4 heterocycles. The Hall–Kier alpha value is -6.39. The van der Waals surface area contributed by atoms with E-state index >= 15 is 0 Å². The summed E-state index contributed by atoms with van der Waals surface area (Å²) in [4.78, 5) is 12.6. The van der Waals surface area contributed by atoms with Gasteiger partial charge in [0.05, 0.1) is 28.4 Å². The summed E-state index contributed by atoms with van der Waals surface area (Å²) in [5, 5.41) is 5.81. The van der Waals surface area contributed by atoms with Crippen LogP contribution in [0.3, 0.4) is 0 Å². The molecule has 0 aliphatic carbocycles. The number of hydrogen-bond acceptors (Lipinski definition) is 8. The van der Waals surface area contributed by atoms with E-state index in [4.69, 9.17) is 0 Å². The lowest BCUT2D eigenvalue weighted by molar-refractivity contribution is -0.186. The van der Waals surface area contributed by atoms with Gasteiger partial charge < -0.3 is 10.2 Å². The number of nitrogens with zero attached hydrogens (tertiary/aromatic N) is 3. The fourth-order valence-corrected chi connectivity index (χ4v) is 15.9. The number of sulfonamides is 2. The van der Waals surface area contributed by atoms with E-state index in [9.17, 15) is 56.8 Å². The molecule has 8 aromatic rings. The van der Waals surface area contributed by atoms with Crippen LogP contribution in [-0.2, 0) is 70.0 Å². The van der Waals surface area contributed by atoms with E-state index in [1.165, 1.54) is 57.3 Å². The minimum Gasteiger partial charge on any atom is -0.330 e. The average molecular weight is 1110 g/mol. The summed E-state index contributed by atoms with van der Waals surface area (Å²) in [6.07, 6.45) is -9.19. The van der Waals surface area contributed by atoms with Gasteiger partial charge in [0, 0.05) is 29.0 Å². The topological polar surface area (TPSA) is 107 Å². The second kappa shape index (κ2) is 20.6. The first-order chi connectivity index (χ1) is 35.4. The zero-order valence-corrected chi connectivity index (χ0v) is 43.5. The van der Waals surface area contributed by atoms with Crippen molar-refractivity contribution in [2.24, 2.45) is 0 Å². The van der Waals surface area contributed by atoms with Crippen molar-refractivity contribution in [2.75, 3.05) is 21.7 Å². The van der Waals surface area contributed by atoms with Gasteiger partial charge in [0.1, 0.15) is 21.6 Å². The van der Waals surface area contributed by atoms with E-state index in [-0.39, 0.29) is 47.0 Å². The smallest absolute Gasteiger partial charge is 0.330 e. The Morgan fingerprint density at radius 2 is 1.13 bits per heavy atom. The molecule has 0 bridgehead atoms. The lowest BCUT2D eigenvalue weighted by Gasteiger charge is -2.32. The molecule has 6 aromatic carbocycles. The van der Waals surface area contributed by atoms with Gasteiger partial charge in [-0.15, -0.1) is 22.7 Å². The summed E-state index contributed by atoms with van der Waals surface area (Å²) in [6, 6.07) is 31.6. The van der Waals surface area contributed by atoms with Gasteiger partial charge in [-0.05, 0) is 143 Å². The second-order valence-corrected chi connectivity index (χ2v) is 23.9. The highest BCUT2D eigenvalue weighted by molar-refractivity contribution is 7.93. The fourth-order valence-electron chi connectivity index (χ4n) is 9.46. The molecule has 9 nitrogen and oxygen atoms in total. The van der Waals surface area contributed by atoms with Crippen LogP contribution in [0.5, 0.6) is 0 Å². The Morgan fingerprint density at radius 1 is 0.627 bits per heavy atom. The maximum Gasteiger partial charge on any atom is 0.471 e. The monoisotopic (exact) mass is 1110 g/mol. The molecule has 0 saturated carbocycles. The molecule has 1 amide bonds. The van der Waals surface area contributed by atoms with Crippen LogP contribution in [0.4, 0.5) is 45.1 Å². The van der Waals surface area contributed by atoms with Gasteiger partial charge in [-0.3, -0.25) is 13.4 Å². The van der Waals surface area contributed by atoms with Crippen LogP contribution in [0.2, 0.25) is 0 Å². The lowest BCUT2D eigenvalue weighted by Crippen LogP contribution is -2.44. The third-order valence-electron chi connectivity index (χ3n) is 13.3. The molecular formula is C54H46F8N4O5S4. The zero-order chi connectivity index (χ0) is 53.8. The number of rotatable bonds is 10. The van der Waals surface area contributed by atoms with Crippen LogP contribution in [0.25, 0.3) is 20.2 Å². The zero-order valence-electron chi connectivity index (χ0n) is 40.2. The summed E-state index contributed by atoms with van der Waals surface area (Å²) in [5.74, 6) is -3.82. The van der Waals surface area contributed by atoms with Crippen LogP contribution >= 0.6 is 22.7 Å². The largest absolute Gasteiger partial charge is 0.471 e. The van der Waals surface area contributed by atoms with E-state index in [1.807, 2.05) is 61.5 Å². The molecule has 0 saturated heterocycles. The molecule has 0 spiro atoms. The summed E-state index contributed by atoms with van der Waals surface area (Å²) >= 11 is 2.54. The van der Waals surface area contributed by atoms with Gasteiger partial charge in [-0.2, -0.15) is 26.3 Å². The number of hydrogen-bond donors (Lipinski definition) is 1. The molecule has 2 aromatic heterocycles. The minimum absolute atomic E-state index is 0.0343. The van der Waals surface area contributed by atoms with E-state index in [0.29, 0.717) is 61.8 Å². The fraction of sp³-hybridized carbons (Fsp3) is 0.241. The molecule has 0 atom stereocenters. The molecular weight excluding hydrogens is 1060 g/mol. The van der Waals surface area contributed by atoms with Crippen LogP contribution in [0.15, 0.2) is 131 Å². The van der Waals surface area contributed by atoms with Crippen molar-refractivity contribution in [3.05, 3.63) is 189 Å². The van der Waals surface area contributed by atoms with Crippen molar-refractivity contribution >= 4 is 78.8 Å². The predicted molar refractivity (Wildman–Crippen MR) is 276 cm³/mol. The number of thiophene rings is 2. The number of carbonyl (C=O) groups is 1. The molecule has 10 rings (SSSR count). The average Bonchev–Trinajstić information content (AvgIpc) is 3.89. The number of carbonyl (C=O) groups excluding carboxylic acids is 1. The Balaban J connectivity index is 0.000000184. The number of fused-ring (bicyclic) bond motifs is 4. The van der Waals surface area contributed by atoms with E-state index in [2.05, 4.69) is 5.32 Å². The van der Waals surface area contributed by atoms with E-state index in [1.54, 1.807) is 38.1 Å². The van der Waals surface area contributed by atoms with Crippen molar-refractivity contribution in [1.29, 1.82) is 0 Å². The lowest BCUT2D eigenvalue weighted by atomic mass is 10.00. The van der Waals surface area contributed by atoms with Crippen molar-refractivity contribution in [2.45, 2.75) is 81.9 Å². The number of benzene rings is 6. The van der Waals surface area contributed by atoms with Gasteiger partial charge in [0.25, 0.3) is 20.0 Å². The van der Waals surface area contributed by atoms with Gasteiger partial charge in [-0.25, -0.2) is 25.6 Å². The Kier molecular flexibility index (Phi) is 14.7. The first kappa shape index (κ1) is 53.4. The molecule has 0 fully saturated rings. The molecule has 2 aliphatic heterocycles. The van der Waals surface area contributed by atoms with E-state index < -0.39 is 62.0 Å². The Labute approximate surface area is 435 Å². The number of aryl methyl sites for hydroxylation is 3. The van der Waals surface area contributed by atoms with Crippen molar-refractivity contribution in [3.8, 4) is 0 Å². The maximum absolute atomic E-state index is 14.4. The van der Waals surface area contributed by atoms with Crippen molar-refractivity contribution < 1.29 is 56.8 Å². The van der Waals surface area contributed by atoms with Gasteiger partial charge in [-0.1, -0.05) is 78.9 Å². The SMILES string of the molecule is Cc1c(N(Cc2ccc(F)c(C(F)(F)F)c2)S(=O)(=O)c2cccc3c2CNCC3)sc2ccccc12.Cc1cc(CN(c2sc3ccccc3c2C)S(=O)(=O)c2cccc3c2CN(C(=O)C(F)(F)F)CC3)ccc1F. The number of halogens is 8. The molecule has 2 aliphatic rings. The van der Waals surface area contributed by atoms with E-state index in [0.717, 1.165) is 48.2 Å². The van der Waals surface area contributed by atoms with Crippen molar-refractivity contribution in [3.63, 3.8) is 0 Å². The summed E-state index contributed by atoms with van der Waals surface area (Å²) in [5.41, 5.74) is 3.28. The third-order valence-corrected chi connectivity index (χ3v) is 19.8. The number of nitrogens with one attached hydrogen (secondary N) is 1. The van der Waals surface area contributed by atoms with Crippen LogP contribution in [-0.4, -0.2) is 46.9 Å². The molecule has 1 N–H and O–H groups in total. The summed E-state index contributed by atoms with van der Waals surface area (Å²) in [6.45, 7) is 5.16. The minimum atomic E-state index is -5.06. The molecule has 75 heavy (non-hydrogen) atoms. The van der Waals surface area contributed by atoms with Gasteiger partial charge in [0.15, 0.2) is 0 Å². The first-order valence-electron chi connectivity index (χ1n) is 23.4. The number of amides is 1. The first-order valence-corrected chi connectivity index (χ1v) is 27.9. The van der Waals surface area contributed by atoms with Crippen molar-refractivity contribution in [1.82, 2.24) is 10.2 Å². The number of alkyl halides is 6. The standard InChI is InChI=1S/C28H24F4N2O3S2.C26H22F4N2O2S2/c1-17-14-19(10-11-23(17)29)15-34(26-18(2)21-7-3-4-8-24(21)38-26)39(36,37)25-9-5-6-20-12-13-33(16-22(20)25)27(35)28(30,31)32;1-16-19-6-2-3-7-23(19)35-25(16)32(15-17-9-10-22(27)21(13-17)26(28,29)30)36(33,34)24-8-4-5-18-11-12-31-14-20(18)24/h3-11,14H,12-13,15-16H2,1-2H3;2-10,13,31H,11-12,14-15H2,1H3. The maximum atomic E-state index is 14.4. The molecule has 0 unspecified atom stereocenters. The second-order valence-electron chi connectivity index (χ2n) is 18.2.